The molecule has 0 fully saturated rings. The summed E-state index contributed by atoms with van der Waals surface area (Å²) in [5.41, 5.74) is 2.53. The van der Waals surface area contributed by atoms with Crippen molar-refractivity contribution in [1.29, 1.82) is 0 Å². The molecule has 1 heterocycles. The molecule has 1 aromatic rings. The van der Waals surface area contributed by atoms with E-state index in [2.05, 4.69) is 57.0 Å². The minimum Gasteiger partial charge on any atom is -0.357 e. The molecule has 3 heteroatoms. The summed E-state index contributed by atoms with van der Waals surface area (Å²) >= 11 is 0. The minimum absolute atomic E-state index is 0.690. The Balaban J connectivity index is 2.82. The standard InChI is InChI=1S/C16H29N3/c1-6-15-9-14(12-17-11-13(4)5)10-16(18-15)19(7-2)8-3/h9-10,13,17H,6-8,11-12H2,1-5H3. The van der Waals surface area contributed by atoms with Crippen molar-refractivity contribution in [3.8, 4) is 0 Å². The summed E-state index contributed by atoms with van der Waals surface area (Å²) in [4.78, 5) is 7.05. The first-order chi connectivity index (χ1) is 9.10. The molecular formula is C16H29N3. The van der Waals surface area contributed by atoms with Gasteiger partial charge in [0.05, 0.1) is 0 Å². The summed E-state index contributed by atoms with van der Waals surface area (Å²) in [5.74, 6) is 1.81. The van der Waals surface area contributed by atoms with E-state index in [-0.39, 0.29) is 0 Å². The van der Waals surface area contributed by atoms with Crippen molar-refractivity contribution < 1.29 is 0 Å². The second-order valence-corrected chi connectivity index (χ2v) is 5.38. The molecule has 0 aromatic carbocycles. The Morgan fingerprint density at radius 2 is 1.84 bits per heavy atom. The van der Waals surface area contributed by atoms with E-state index in [1.807, 2.05) is 0 Å². The summed E-state index contributed by atoms with van der Waals surface area (Å²) < 4.78 is 0. The van der Waals surface area contributed by atoms with Crippen molar-refractivity contribution in [3.63, 3.8) is 0 Å². The van der Waals surface area contributed by atoms with E-state index in [0.29, 0.717) is 5.92 Å². The molecular weight excluding hydrogens is 234 g/mol. The fourth-order valence-electron chi connectivity index (χ4n) is 2.13. The van der Waals surface area contributed by atoms with Crippen LogP contribution in [0.15, 0.2) is 12.1 Å². The van der Waals surface area contributed by atoms with Gasteiger partial charge in [-0.05, 0) is 50.4 Å². The molecule has 1 N–H and O–H groups in total. The van der Waals surface area contributed by atoms with E-state index in [1.165, 1.54) is 11.3 Å². The zero-order chi connectivity index (χ0) is 14.3. The number of rotatable bonds is 8. The molecule has 3 nitrogen and oxygen atoms in total. The highest BCUT2D eigenvalue weighted by atomic mass is 15.2. The fourth-order valence-corrected chi connectivity index (χ4v) is 2.13. The number of hydrogen-bond acceptors (Lipinski definition) is 3. The van der Waals surface area contributed by atoms with Crippen LogP contribution < -0.4 is 10.2 Å². The van der Waals surface area contributed by atoms with Gasteiger partial charge in [0.25, 0.3) is 0 Å². The molecule has 0 spiro atoms. The minimum atomic E-state index is 0.690. The van der Waals surface area contributed by atoms with Crippen molar-refractivity contribution in [2.24, 2.45) is 5.92 Å². The average Bonchev–Trinajstić information content (AvgIpc) is 2.39. The van der Waals surface area contributed by atoms with E-state index in [0.717, 1.165) is 38.4 Å². The first kappa shape index (κ1) is 16.0. The van der Waals surface area contributed by atoms with Crippen molar-refractivity contribution >= 4 is 5.82 Å². The molecule has 0 aliphatic carbocycles. The Morgan fingerprint density at radius 3 is 2.37 bits per heavy atom. The first-order valence-electron chi connectivity index (χ1n) is 7.56. The zero-order valence-corrected chi connectivity index (χ0v) is 13.2. The van der Waals surface area contributed by atoms with Crippen molar-refractivity contribution in [1.82, 2.24) is 10.3 Å². The van der Waals surface area contributed by atoms with Crippen molar-refractivity contribution in [2.45, 2.75) is 47.6 Å². The van der Waals surface area contributed by atoms with Crippen molar-refractivity contribution in [3.05, 3.63) is 23.4 Å². The summed E-state index contributed by atoms with van der Waals surface area (Å²) in [7, 11) is 0. The predicted octanol–water partition coefficient (Wildman–Crippen LogP) is 3.24. The second kappa shape index (κ2) is 8.16. The van der Waals surface area contributed by atoms with Gasteiger partial charge in [-0.2, -0.15) is 0 Å². The molecule has 0 saturated carbocycles. The molecule has 1 rings (SSSR count). The van der Waals surface area contributed by atoms with Gasteiger partial charge >= 0.3 is 0 Å². The maximum atomic E-state index is 4.74. The highest BCUT2D eigenvalue weighted by Gasteiger charge is 2.07. The van der Waals surface area contributed by atoms with Crippen molar-refractivity contribution in [2.75, 3.05) is 24.5 Å². The molecule has 0 aliphatic rings. The third-order valence-electron chi connectivity index (χ3n) is 3.26. The predicted molar refractivity (Wildman–Crippen MR) is 83.7 cm³/mol. The number of nitrogens with zero attached hydrogens (tertiary/aromatic N) is 2. The highest BCUT2D eigenvalue weighted by Crippen LogP contribution is 2.15. The molecule has 0 atom stereocenters. The molecule has 19 heavy (non-hydrogen) atoms. The van der Waals surface area contributed by atoms with Crippen LogP contribution in [0.1, 0.15) is 45.9 Å². The van der Waals surface area contributed by atoms with Gasteiger partial charge in [-0.3, -0.25) is 0 Å². The van der Waals surface area contributed by atoms with Gasteiger partial charge in [0.15, 0.2) is 0 Å². The van der Waals surface area contributed by atoms with Gasteiger partial charge in [0, 0.05) is 25.3 Å². The van der Waals surface area contributed by atoms with Crippen LogP contribution in [0.2, 0.25) is 0 Å². The Labute approximate surface area is 118 Å². The molecule has 0 amide bonds. The third-order valence-corrected chi connectivity index (χ3v) is 3.26. The maximum Gasteiger partial charge on any atom is 0.129 e. The number of anilines is 1. The van der Waals surface area contributed by atoms with Gasteiger partial charge in [-0.15, -0.1) is 0 Å². The lowest BCUT2D eigenvalue weighted by Gasteiger charge is -2.21. The van der Waals surface area contributed by atoms with Crippen LogP contribution in [-0.4, -0.2) is 24.6 Å². The number of nitrogens with one attached hydrogen (secondary N) is 1. The monoisotopic (exact) mass is 263 g/mol. The summed E-state index contributed by atoms with van der Waals surface area (Å²) in [6.07, 6.45) is 0.992. The lowest BCUT2D eigenvalue weighted by molar-refractivity contribution is 0.552. The largest absolute Gasteiger partial charge is 0.357 e. The van der Waals surface area contributed by atoms with Gasteiger partial charge in [0.1, 0.15) is 5.82 Å². The lowest BCUT2D eigenvalue weighted by Crippen LogP contribution is -2.24. The zero-order valence-electron chi connectivity index (χ0n) is 13.2. The summed E-state index contributed by atoms with van der Waals surface area (Å²) in [6.45, 7) is 15.0. The van der Waals surface area contributed by atoms with E-state index in [9.17, 15) is 0 Å². The van der Waals surface area contributed by atoms with Crippen LogP contribution in [0.4, 0.5) is 5.82 Å². The molecule has 0 bridgehead atoms. The van der Waals surface area contributed by atoms with E-state index >= 15 is 0 Å². The highest BCUT2D eigenvalue weighted by molar-refractivity contribution is 5.42. The molecule has 108 valence electrons. The second-order valence-electron chi connectivity index (χ2n) is 5.38. The SMILES string of the molecule is CCc1cc(CNCC(C)C)cc(N(CC)CC)n1. The molecule has 1 aromatic heterocycles. The third kappa shape index (κ3) is 5.19. The van der Waals surface area contributed by atoms with Crippen LogP contribution in [0.5, 0.6) is 0 Å². The van der Waals surface area contributed by atoms with Gasteiger partial charge in [-0.25, -0.2) is 4.98 Å². The van der Waals surface area contributed by atoms with E-state index < -0.39 is 0 Å². The Bertz CT molecular complexity index is 370. The van der Waals surface area contributed by atoms with Crippen LogP contribution in [-0.2, 0) is 13.0 Å². The quantitative estimate of drug-likeness (QED) is 0.780. The normalized spacial score (nSPS) is 11.1. The Morgan fingerprint density at radius 1 is 1.16 bits per heavy atom. The molecule has 0 unspecified atom stereocenters. The number of pyridine rings is 1. The first-order valence-corrected chi connectivity index (χ1v) is 7.56. The topological polar surface area (TPSA) is 28.2 Å². The number of aryl methyl sites for hydroxylation is 1. The number of aromatic nitrogens is 1. The Kier molecular flexibility index (Phi) is 6.85. The van der Waals surface area contributed by atoms with Gasteiger partial charge in [-0.1, -0.05) is 20.8 Å². The van der Waals surface area contributed by atoms with Crippen LogP contribution in [0, 0.1) is 5.92 Å². The molecule has 0 radical (unpaired) electrons. The van der Waals surface area contributed by atoms with Crippen LogP contribution in [0.25, 0.3) is 0 Å². The molecule has 0 aliphatic heterocycles. The maximum absolute atomic E-state index is 4.74. The number of hydrogen-bond donors (Lipinski definition) is 1. The van der Waals surface area contributed by atoms with E-state index in [4.69, 9.17) is 4.98 Å². The summed E-state index contributed by atoms with van der Waals surface area (Å²) in [6, 6.07) is 4.44. The lowest BCUT2D eigenvalue weighted by atomic mass is 10.1. The van der Waals surface area contributed by atoms with Crippen LogP contribution >= 0.6 is 0 Å². The van der Waals surface area contributed by atoms with Gasteiger partial charge in [0.2, 0.25) is 0 Å². The smallest absolute Gasteiger partial charge is 0.129 e. The Hall–Kier alpha value is -1.09. The molecule has 0 saturated heterocycles. The van der Waals surface area contributed by atoms with Gasteiger partial charge < -0.3 is 10.2 Å². The van der Waals surface area contributed by atoms with Crippen LogP contribution in [0.3, 0.4) is 0 Å². The average molecular weight is 263 g/mol. The van der Waals surface area contributed by atoms with E-state index in [1.54, 1.807) is 0 Å². The summed E-state index contributed by atoms with van der Waals surface area (Å²) in [5, 5.41) is 3.51. The fraction of sp³-hybridized carbons (Fsp3) is 0.688.